The van der Waals surface area contributed by atoms with Gasteiger partial charge in [0.2, 0.25) is 11.8 Å². The Morgan fingerprint density at radius 1 is 1.32 bits per heavy atom. The standard InChI is InChI=1S/C12H14N2O4S/c1-5-6(2)11(16)14(10(5)15)4-8-13-7(3)9(19-8)12(17)18/h5-6H,4H2,1-3H3,(H,17,18). The highest BCUT2D eigenvalue weighted by molar-refractivity contribution is 7.13. The van der Waals surface area contributed by atoms with Gasteiger partial charge in [-0.15, -0.1) is 11.3 Å². The van der Waals surface area contributed by atoms with Crippen molar-refractivity contribution in [1.82, 2.24) is 9.88 Å². The molecule has 0 spiro atoms. The summed E-state index contributed by atoms with van der Waals surface area (Å²) in [4.78, 5) is 40.2. The van der Waals surface area contributed by atoms with Crippen molar-refractivity contribution < 1.29 is 19.5 Å². The third-order valence-electron chi connectivity index (χ3n) is 3.39. The summed E-state index contributed by atoms with van der Waals surface area (Å²) < 4.78 is 0. The summed E-state index contributed by atoms with van der Waals surface area (Å²) >= 11 is 1.00. The highest BCUT2D eigenvalue weighted by Crippen LogP contribution is 2.28. The lowest BCUT2D eigenvalue weighted by Gasteiger charge is -2.12. The Labute approximate surface area is 114 Å². The molecule has 102 valence electrons. The molecular formula is C12H14N2O4S. The summed E-state index contributed by atoms with van der Waals surface area (Å²) in [6, 6.07) is 0. The minimum Gasteiger partial charge on any atom is -0.477 e. The number of amides is 2. The summed E-state index contributed by atoms with van der Waals surface area (Å²) in [5.74, 6) is -2.13. The van der Waals surface area contributed by atoms with Crippen molar-refractivity contribution >= 4 is 29.1 Å². The molecule has 1 fully saturated rings. The lowest BCUT2D eigenvalue weighted by Crippen LogP contribution is -2.30. The maximum Gasteiger partial charge on any atom is 0.347 e. The predicted molar refractivity (Wildman–Crippen MR) is 67.7 cm³/mol. The lowest BCUT2D eigenvalue weighted by atomic mass is 10.00. The fourth-order valence-electron chi connectivity index (χ4n) is 2.04. The number of nitrogens with zero attached hydrogens (tertiary/aromatic N) is 2. The third kappa shape index (κ3) is 2.25. The first-order chi connectivity index (χ1) is 8.82. The van der Waals surface area contributed by atoms with Crippen LogP contribution in [0.15, 0.2) is 0 Å². The van der Waals surface area contributed by atoms with E-state index in [1.54, 1.807) is 20.8 Å². The zero-order valence-corrected chi connectivity index (χ0v) is 11.7. The van der Waals surface area contributed by atoms with Gasteiger partial charge in [-0.25, -0.2) is 9.78 Å². The first-order valence-electron chi connectivity index (χ1n) is 5.87. The molecule has 0 bridgehead atoms. The number of hydrogen-bond donors (Lipinski definition) is 1. The Balaban J connectivity index is 2.22. The van der Waals surface area contributed by atoms with E-state index in [1.165, 1.54) is 4.90 Å². The van der Waals surface area contributed by atoms with Crippen molar-refractivity contribution in [2.75, 3.05) is 0 Å². The van der Waals surface area contributed by atoms with Gasteiger partial charge in [0.25, 0.3) is 0 Å². The van der Waals surface area contributed by atoms with E-state index in [1.807, 2.05) is 0 Å². The molecule has 1 aliphatic rings. The van der Waals surface area contributed by atoms with Crippen LogP contribution in [0.25, 0.3) is 0 Å². The minimum absolute atomic E-state index is 0.0606. The SMILES string of the molecule is Cc1nc(CN2C(=O)C(C)C(C)C2=O)sc1C(=O)O. The van der Waals surface area contributed by atoms with Gasteiger partial charge in [0.1, 0.15) is 9.88 Å². The molecule has 7 heteroatoms. The minimum atomic E-state index is -1.04. The molecule has 2 unspecified atom stereocenters. The fraction of sp³-hybridized carbons (Fsp3) is 0.500. The number of aryl methyl sites for hydroxylation is 1. The number of thiazole rings is 1. The molecule has 0 aliphatic carbocycles. The molecule has 1 N–H and O–H groups in total. The van der Waals surface area contributed by atoms with Crippen molar-refractivity contribution in [2.24, 2.45) is 11.8 Å². The van der Waals surface area contributed by atoms with E-state index in [9.17, 15) is 14.4 Å². The van der Waals surface area contributed by atoms with Crippen molar-refractivity contribution in [1.29, 1.82) is 0 Å². The summed E-state index contributed by atoms with van der Waals surface area (Å²) in [5.41, 5.74) is 0.410. The number of carboxylic acids is 1. The second kappa shape index (κ2) is 4.73. The van der Waals surface area contributed by atoms with Gasteiger partial charge in [0, 0.05) is 11.8 Å². The molecular weight excluding hydrogens is 268 g/mol. The van der Waals surface area contributed by atoms with E-state index in [0.29, 0.717) is 10.7 Å². The maximum atomic E-state index is 11.9. The number of carbonyl (C=O) groups excluding carboxylic acids is 2. The number of aromatic nitrogens is 1. The average molecular weight is 282 g/mol. The van der Waals surface area contributed by atoms with Gasteiger partial charge < -0.3 is 5.11 Å². The Morgan fingerprint density at radius 3 is 2.26 bits per heavy atom. The molecule has 2 amide bonds. The van der Waals surface area contributed by atoms with Crippen LogP contribution in [0.4, 0.5) is 0 Å². The molecule has 1 saturated heterocycles. The Bertz CT molecular complexity index is 546. The van der Waals surface area contributed by atoms with Crippen LogP contribution < -0.4 is 0 Å². The van der Waals surface area contributed by atoms with Crippen molar-refractivity contribution in [3.63, 3.8) is 0 Å². The molecule has 19 heavy (non-hydrogen) atoms. The highest BCUT2D eigenvalue weighted by atomic mass is 32.1. The largest absolute Gasteiger partial charge is 0.477 e. The monoisotopic (exact) mass is 282 g/mol. The summed E-state index contributed by atoms with van der Waals surface area (Å²) in [6.07, 6.45) is 0. The zero-order chi connectivity index (χ0) is 14.3. The highest BCUT2D eigenvalue weighted by Gasteiger charge is 2.42. The van der Waals surface area contributed by atoms with Gasteiger partial charge in [0.05, 0.1) is 12.2 Å². The lowest BCUT2D eigenvalue weighted by molar-refractivity contribution is -0.140. The fourth-order valence-corrected chi connectivity index (χ4v) is 2.93. The second-order valence-corrected chi connectivity index (χ2v) is 5.75. The molecule has 2 heterocycles. The topological polar surface area (TPSA) is 87.6 Å². The number of hydrogen-bond acceptors (Lipinski definition) is 5. The molecule has 1 aliphatic heterocycles. The molecule has 1 aromatic heterocycles. The smallest absolute Gasteiger partial charge is 0.347 e. The Hall–Kier alpha value is -1.76. The van der Waals surface area contributed by atoms with Crippen LogP contribution >= 0.6 is 11.3 Å². The average Bonchev–Trinajstić information content (AvgIpc) is 2.80. The van der Waals surface area contributed by atoms with Crippen molar-refractivity contribution in [2.45, 2.75) is 27.3 Å². The van der Waals surface area contributed by atoms with Crippen LogP contribution in [-0.4, -0.2) is 32.8 Å². The molecule has 0 aromatic carbocycles. The normalized spacial score (nSPS) is 23.2. The van der Waals surface area contributed by atoms with Crippen molar-refractivity contribution in [3.8, 4) is 0 Å². The van der Waals surface area contributed by atoms with Crippen LogP contribution in [-0.2, 0) is 16.1 Å². The van der Waals surface area contributed by atoms with Crippen LogP contribution in [0.5, 0.6) is 0 Å². The molecule has 2 rings (SSSR count). The number of imide groups is 1. The Morgan fingerprint density at radius 2 is 1.84 bits per heavy atom. The summed E-state index contributed by atoms with van der Waals surface area (Å²) in [6.45, 7) is 5.11. The van der Waals surface area contributed by atoms with Crippen LogP contribution in [0.3, 0.4) is 0 Å². The molecule has 6 nitrogen and oxygen atoms in total. The molecule has 0 radical (unpaired) electrons. The first kappa shape index (κ1) is 13.7. The first-order valence-corrected chi connectivity index (χ1v) is 6.69. The van der Waals surface area contributed by atoms with E-state index in [4.69, 9.17) is 5.11 Å². The number of aromatic carboxylic acids is 1. The van der Waals surface area contributed by atoms with E-state index in [0.717, 1.165) is 11.3 Å². The van der Waals surface area contributed by atoms with E-state index >= 15 is 0 Å². The van der Waals surface area contributed by atoms with Gasteiger partial charge >= 0.3 is 5.97 Å². The molecule has 0 saturated carbocycles. The zero-order valence-electron chi connectivity index (χ0n) is 10.8. The van der Waals surface area contributed by atoms with Crippen molar-refractivity contribution in [3.05, 3.63) is 15.6 Å². The number of carboxylic acid groups (broad SMARTS) is 1. The number of likely N-dealkylation sites (tertiary alicyclic amines) is 1. The van der Waals surface area contributed by atoms with Crippen LogP contribution in [0, 0.1) is 18.8 Å². The van der Waals surface area contributed by atoms with Crippen LogP contribution in [0.2, 0.25) is 0 Å². The maximum absolute atomic E-state index is 11.9. The predicted octanol–water partition coefficient (Wildman–Crippen LogP) is 1.29. The molecule has 2 atom stereocenters. The summed E-state index contributed by atoms with van der Waals surface area (Å²) in [7, 11) is 0. The third-order valence-corrected chi connectivity index (χ3v) is 4.52. The number of rotatable bonds is 3. The molecule has 1 aromatic rings. The van der Waals surface area contributed by atoms with Crippen LogP contribution in [0.1, 0.15) is 34.2 Å². The summed E-state index contributed by atoms with van der Waals surface area (Å²) in [5, 5.41) is 9.42. The van der Waals surface area contributed by atoms with E-state index < -0.39 is 5.97 Å². The van der Waals surface area contributed by atoms with Gasteiger partial charge in [-0.05, 0) is 6.92 Å². The van der Waals surface area contributed by atoms with E-state index in [2.05, 4.69) is 4.98 Å². The quantitative estimate of drug-likeness (QED) is 0.844. The van der Waals surface area contributed by atoms with Gasteiger partial charge in [-0.3, -0.25) is 14.5 Å². The number of carbonyl (C=O) groups is 3. The Kier molecular flexibility index (Phi) is 3.40. The van der Waals surface area contributed by atoms with Gasteiger partial charge in [0.15, 0.2) is 0 Å². The van der Waals surface area contributed by atoms with E-state index in [-0.39, 0.29) is 35.1 Å². The second-order valence-electron chi connectivity index (χ2n) is 4.67. The van der Waals surface area contributed by atoms with Gasteiger partial charge in [-0.2, -0.15) is 0 Å². The van der Waals surface area contributed by atoms with Gasteiger partial charge in [-0.1, -0.05) is 13.8 Å².